The highest BCUT2D eigenvalue weighted by Crippen LogP contribution is 2.42. The van der Waals surface area contributed by atoms with Crippen LogP contribution in [-0.2, 0) is 17.6 Å². The monoisotopic (exact) mass is 218 g/mol. The zero-order chi connectivity index (χ0) is 11.1. The number of fused-ring (bicyclic) bond motifs is 3. The van der Waals surface area contributed by atoms with Crippen LogP contribution in [0.15, 0.2) is 12.1 Å². The van der Waals surface area contributed by atoms with Gasteiger partial charge in [-0.15, -0.1) is 0 Å². The van der Waals surface area contributed by atoms with Gasteiger partial charge in [0, 0.05) is 12.0 Å². The van der Waals surface area contributed by atoms with Crippen molar-refractivity contribution in [2.45, 2.75) is 31.6 Å². The lowest BCUT2D eigenvalue weighted by molar-refractivity contribution is -0.306. The van der Waals surface area contributed by atoms with Gasteiger partial charge >= 0.3 is 5.91 Å². The predicted octanol–water partition coefficient (Wildman–Crippen LogP) is 0.810. The van der Waals surface area contributed by atoms with E-state index in [1.807, 2.05) is 0 Å². The van der Waals surface area contributed by atoms with Crippen molar-refractivity contribution in [3.8, 4) is 5.75 Å². The maximum Gasteiger partial charge on any atom is 0.309 e. The lowest BCUT2D eigenvalue weighted by Crippen LogP contribution is -2.57. The lowest BCUT2D eigenvalue weighted by atomic mass is 9.92. The topological polar surface area (TPSA) is 53.9 Å². The number of benzene rings is 1. The van der Waals surface area contributed by atoms with Gasteiger partial charge in [-0.2, -0.15) is 0 Å². The Bertz CT molecular complexity index is 453. The van der Waals surface area contributed by atoms with Gasteiger partial charge in [0.05, 0.1) is 13.0 Å². The Hall–Kier alpha value is -1.35. The second kappa shape index (κ2) is 3.59. The van der Waals surface area contributed by atoms with Gasteiger partial charge in [0.2, 0.25) is 0 Å². The molecule has 0 fully saturated rings. The first kappa shape index (κ1) is 9.85. The molecule has 1 aliphatic carbocycles. The third kappa shape index (κ3) is 1.43. The third-order valence-electron chi connectivity index (χ3n) is 3.66. The van der Waals surface area contributed by atoms with Gasteiger partial charge in [-0.25, -0.2) is 4.79 Å². The average Bonchev–Trinajstić information content (AvgIpc) is 2.82. The van der Waals surface area contributed by atoms with Gasteiger partial charge < -0.3 is 4.74 Å². The van der Waals surface area contributed by atoms with E-state index in [0.29, 0.717) is 12.3 Å². The molecular weight excluding hydrogens is 202 g/mol. The molecule has 1 amide bonds. The first-order chi connectivity index (χ1) is 7.75. The van der Waals surface area contributed by atoms with Crippen LogP contribution in [0.3, 0.4) is 0 Å². The summed E-state index contributed by atoms with van der Waals surface area (Å²) in [5.41, 5.74) is 7.65. The molecular formula is C13H16NO2+. The van der Waals surface area contributed by atoms with Crippen LogP contribution in [0.5, 0.6) is 5.75 Å². The Kier molecular flexibility index (Phi) is 2.21. The molecule has 0 saturated carbocycles. The number of aryl methyl sites for hydroxylation is 1. The quantitative estimate of drug-likeness (QED) is 0.798. The second-order valence-corrected chi connectivity index (χ2v) is 4.69. The first-order valence-electron chi connectivity index (χ1n) is 5.88. The maximum atomic E-state index is 11.2. The summed E-state index contributed by atoms with van der Waals surface area (Å²) in [7, 11) is 0. The Morgan fingerprint density at radius 1 is 1.44 bits per heavy atom. The molecule has 84 valence electrons. The third-order valence-corrected chi connectivity index (χ3v) is 3.66. The molecule has 0 aromatic heterocycles. The Labute approximate surface area is 94.6 Å². The van der Waals surface area contributed by atoms with Crippen molar-refractivity contribution >= 4 is 5.91 Å². The number of hydrogen-bond acceptors (Lipinski definition) is 2. The van der Waals surface area contributed by atoms with Crippen molar-refractivity contribution in [3.63, 3.8) is 0 Å². The van der Waals surface area contributed by atoms with E-state index in [0.717, 1.165) is 31.6 Å². The van der Waals surface area contributed by atoms with Crippen molar-refractivity contribution in [2.75, 3.05) is 6.61 Å². The predicted molar refractivity (Wildman–Crippen MR) is 59.2 cm³/mol. The molecule has 1 aliphatic heterocycles. The molecule has 1 atom stereocenters. The fraction of sp³-hybridized carbons (Fsp3) is 0.462. The molecule has 1 heterocycles. The minimum Gasteiger partial charge on any atom is -0.493 e. The summed E-state index contributed by atoms with van der Waals surface area (Å²) in [6, 6.07) is 4.24. The fourth-order valence-electron chi connectivity index (χ4n) is 3.03. The highest BCUT2D eigenvalue weighted by Gasteiger charge is 2.30. The van der Waals surface area contributed by atoms with Crippen molar-refractivity contribution in [1.82, 2.24) is 0 Å². The summed E-state index contributed by atoms with van der Waals surface area (Å²) in [5, 5.41) is 0. The van der Waals surface area contributed by atoms with Crippen LogP contribution in [0.2, 0.25) is 0 Å². The molecule has 16 heavy (non-hydrogen) atoms. The zero-order valence-electron chi connectivity index (χ0n) is 9.29. The van der Waals surface area contributed by atoms with Crippen LogP contribution in [-0.4, -0.2) is 12.5 Å². The Morgan fingerprint density at radius 3 is 3.12 bits per heavy atom. The van der Waals surface area contributed by atoms with E-state index >= 15 is 0 Å². The molecule has 3 N–H and O–H groups in total. The lowest BCUT2D eigenvalue weighted by Gasteiger charge is -2.12. The van der Waals surface area contributed by atoms with E-state index in [1.54, 1.807) is 0 Å². The molecule has 1 aromatic carbocycles. The van der Waals surface area contributed by atoms with Gasteiger partial charge in [-0.3, -0.25) is 5.73 Å². The van der Waals surface area contributed by atoms with Gasteiger partial charge in [0.25, 0.3) is 0 Å². The molecule has 0 saturated heterocycles. The van der Waals surface area contributed by atoms with Crippen LogP contribution in [0.25, 0.3) is 0 Å². The Morgan fingerprint density at radius 2 is 2.31 bits per heavy atom. The van der Waals surface area contributed by atoms with E-state index < -0.39 is 0 Å². The summed E-state index contributed by atoms with van der Waals surface area (Å²) in [6.07, 6.45) is 3.78. The smallest absolute Gasteiger partial charge is 0.309 e. The molecule has 2 aliphatic rings. The number of amides is 1. The van der Waals surface area contributed by atoms with Gasteiger partial charge in [-0.1, -0.05) is 6.07 Å². The van der Waals surface area contributed by atoms with Crippen molar-refractivity contribution in [2.24, 2.45) is 0 Å². The fourth-order valence-corrected chi connectivity index (χ4v) is 3.03. The van der Waals surface area contributed by atoms with Crippen LogP contribution >= 0.6 is 0 Å². The van der Waals surface area contributed by atoms with E-state index in [9.17, 15) is 4.79 Å². The molecule has 3 nitrogen and oxygen atoms in total. The SMILES string of the molecule is [NH3+]C(=O)CC1CCc2ccc3c(c21)CCO3. The van der Waals surface area contributed by atoms with Crippen LogP contribution in [0.1, 0.15) is 35.4 Å². The second-order valence-electron chi connectivity index (χ2n) is 4.69. The summed E-state index contributed by atoms with van der Waals surface area (Å²) >= 11 is 0. The van der Waals surface area contributed by atoms with Crippen LogP contribution in [0.4, 0.5) is 0 Å². The number of carbonyl (C=O) groups excluding carboxylic acids is 1. The summed E-state index contributed by atoms with van der Waals surface area (Å²) in [6.45, 7) is 0.789. The van der Waals surface area contributed by atoms with Gasteiger partial charge in [-0.05, 0) is 36.0 Å². The largest absolute Gasteiger partial charge is 0.493 e. The van der Waals surface area contributed by atoms with Crippen molar-refractivity contribution in [1.29, 1.82) is 0 Å². The van der Waals surface area contributed by atoms with Crippen molar-refractivity contribution in [3.05, 3.63) is 28.8 Å². The van der Waals surface area contributed by atoms with E-state index in [1.165, 1.54) is 16.7 Å². The van der Waals surface area contributed by atoms with Gasteiger partial charge in [0.1, 0.15) is 5.75 Å². The first-order valence-corrected chi connectivity index (χ1v) is 5.88. The highest BCUT2D eigenvalue weighted by molar-refractivity contribution is 5.67. The zero-order valence-corrected chi connectivity index (χ0v) is 9.29. The highest BCUT2D eigenvalue weighted by atomic mass is 16.5. The number of hydrogen-bond donors (Lipinski definition) is 1. The van der Waals surface area contributed by atoms with E-state index in [-0.39, 0.29) is 5.91 Å². The van der Waals surface area contributed by atoms with Crippen LogP contribution < -0.4 is 10.5 Å². The molecule has 3 rings (SSSR count). The molecule has 0 spiro atoms. The molecule has 1 aromatic rings. The van der Waals surface area contributed by atoms with E-state index in [2.05, 4.69) is 17.9 Å². The number of ether oxygens (including phenoxy) is 1. The number of rotatable bonds is 2. The van der Waals surface area contributed by atoms with Gasteiger partial charge in [0.15, 0.2) is 0 Å². The minimum absolute atomic E-state index is 0.0503. The number of carbonyl (C=O) groups is 1. The summed E-state index contributed by atoms with van der Waals surface area (Å²) in [4.78, 5) is 11.2. The molecule has 3 heteroatoms. The molecule has 0 bridgehead atoms. The number of quaternary nitrogens is 1. The standard InChI is InChI=1S/C13H15NO2/c14-12(15)7-9-2-1-8-3-4-11-10(13(8)9)5-6-16-11/h3-4,9H,1-2,5-7H2,(H2,14,15)/p+1. The summed E-state index contributed by atoms with van der Waals surface area (Å²) < 4.78 is 5.58. The Balaban J connectivity index is 2.03. The minimum atomic E-state index is 0.0503. The van der Waals surface area contributed by atoms with Crippen molar-refractivity contribution < 1.29 is 15.3 Å². The normalized spacial score (nSPS) is 21.4. The van der Waals surface area contributed by atoms with Crippen LogP contribution in [0, 0.1) is 0 Å². The average molecular weight is 218 g/mol. The van der Waals surface area contributed by atoms with E-state index in [4.69, 9.17) is 4.74 Å². The molecule has 0 radical (unpaired) electrons. The summed E-state index contributed by atoms with van der Waals surface area (Å²) in [5.74, 6) is 1.47. The maximum absolute atomic E-state index is 11.2. The molecule has 1 unspecified atom stereocenters.